The Balaban J connectivity index is 3.85. The maximum absolute atomic E-state index is 11.7. The van der Waals surface area contributed by atoms with E-state index >= 15 is 0 Å². The number of nitrogens with zero attached hydrogens (tertiary/aromatic N) is 3. The van der Waals surface area contributed by atoms with Gasteiger partial charge in [0.15, 0.2) is 0 Å². The summed E-state index contributed by atoms with van der Waals surface area (Å²) in [4.78, 5) is 36.1. The summed E-state index contributed by atoms with van der Waals surface area (Å²) in [6, 6.07) is -0.278. The summed E-state index contributed by atoms with van der Waals surface area (Å²) >= 11 is 0. The molecular weight excluding hydrogens is 304 g/mol. The lowest BCUT2D eigenvalue weighted by Gasteiger charge is -2.17. The smallest absolute Gasteiger partial charge is 0.306 e. The van der Waals surface area contributed by atoms with Crippen molar-refractivity contribution in [1.29, 1.82) is 0 Å². The predicted molar refractivity (Wildman–Crippen MR) is 82.5 cm³/mol. The van der Waals surface area contributed by atoms with Gasteiger partial charge in [-0.15, -0.1) is 0 Å². The third kappa shape index (κ3) is 13.1. The molecule has 0 saturated heterocycles. The molecule has 9 heteroatoms. The Hall–Kier alpha value is -2.28. The van der Waals surface area contributed by atoms with E-state index in [4.69, 9.17) is 15.4 Å². The zero-order chi connectivity index (χ0) is 17.5. The van der Waals surface area contributed by atoms with E-state index < -0.39 is 11.9 Å². The Kier molecular flexibility index (Phi) is 12.1. The number of aliphatic carboxylic acids is 1. The number of carbonyl (C=O) groups excluding carboxylic acids is 2. The highest BCUT2D eigenvalue weighted by Crippen LogP contribution is 2.02. The van der Waals surface area contributed by atoms with Crippen LogP contribution in [0.5, 0.6) is 0 Å². The fourth-order valence-corrected chi connectivity index (χ4v) is 1.73. The molecular formula is C14H24N4O5. The summed E-state index contributed by atoms with van der Waals surface area (Å²) in [7, 11) is 0. The maximum Gasteiger partial charge on any atom is 0.306 e. The van der Waals surface area contributed by atoms with Crippen LogP contribution in [0.1, 0.15) is 51.9 Å². The van der Waals surface area contributed by atoms with Crippen molar-refractivity contribution in [3.8, 4) is 0 Å². The molecule has 0 aromatic heterocycles. The normalized spacial score (nSPS) is 11.2. The Labute approximate surface area is 135 Å². The maximum atomic E-state index is 11.7. The van der Waals surface area contributed by atoms with Gasteiger partial charge in [-0.25, -0.2) is 0 Å². The highest BCUT2D eigenvalue weighted by atomic mass is 16.5. The number of carboxylic acid groups (broad SMARTS) is 1. The molecule has 130 valence electrons. The van der Waals surface area contributed by atoms with Crippen molar-refractivity contribution in [2.24, 2.45) is 5.11 Å². The van der Waals surface area contributed by atoms with Gasteiger partial charge in [0, 0.05) is 17.9 Å². The molecule has 0 rings (SSSR count). The van der Waals surface area contributed by atoms with Crippen LogP contribution in [0.25, 0.3) is 10.4 Å². The molecule has 0 aromatic carbocycles. The number of azide groups is 1. The van der Waals surface area contributed by atoms with Crippen LogP contribution in [-0.2, 0) is 19.1 Å². The van der Waals surface area contributed by atoms with Gasteiger partial charge < -0.3 is 15.2 Å². The summed E-state index contributed by atoms with van der Waals surface area (Å²) in [6.45, 7) is 2.33. The first kappa shape index (κ1) is 20.7. The second kappa shape index (κ2) is 13.4. The summed E-state index contributed by atoms with van der Waals surface area (Å²) in [5, 5.41) is 14.7. The first-order chi connectivity index (χ1) is 11.0. The molecule has 0 aliphatic heterocycles. The molecule has 0 bridgehead atoms. The Bertz CT molecular complexity index is 435. The van der Waals surface area contributed by atoms with Gasteiger partial charge in [-0.2, -0.15) is 0 Å². The number of esters is 1. The van der Waals surface area contributed by atoms with Gasteiger partial charge in [0.05, 0.1) is 18.9 Å². The van der Waals surface area contributed by atoms with Crippen molar-refractivity contribution in [1.82, 2.24) is 5.32 Å². The molecule has 2 N–H and O–H groups in total. The average Bonchev–Trinajstić information content (AvgIpc) is 2.52. The number of hydrogen-bond donors (Lipinski definition) is 2. The van der Waals surface area contributed by atoms with Crippen molar-refractivity contribution in [2.45, 2.75) is 57.9 Å². The number of unbranched alkanes of at least 4 members (excludes halogenated alkanes) is 2. The van der Waals surface area contributed by atoms with Crippen LogP contribution < -0.4 is 5.32 Å². The molecule has 0 aliphatic carbocycles. The fraction of sp³-hybridized carbons (Fsp3) is 0.786. The Morgan fingerprint density at radius 3 is 2.57 bits per heavy atom. The minimum absolute atomic E-state index is 0.0393. The van der Waals surface area contributed by atoms with Crippen molar-refractivity contribution in [2.75, 3.05) is 13.2 Å². The molecule has 0 aliphatic rings. The molecule has 1 atom stereocenters. The van der Waals surface area contributed by atoms with Crippen LogP contribution in [0.3, 0.4) is 0 Å². The molecule has 0 spiro atoms. The minimum Gasteiger partial charge on any atom is -0.481 e. The molecule has 1 unspecified atom stereocenters. The second-order valence-electron chi connectivity index (χ2n) is 5.01. The van der Waals surface area contributed by atoms with Crippen LogP contribution in [0, 0.1) is 0 Å². The van der Waals surface area contributed by atoms with Gasteiger partial charge in [0.1, 0.15) is 6.61 Å². The molecule has 23 heavy (non-hydrogen) atoms. The average molecular weight is 328 g/mol. The number of hydrogen-bond acceptors (Lipinski definition) is 5. The lowest BCUT2D eigenvalue weighted by atomic mass is 10.1. The summed E-state index contributed by atoms with van der Waals surface area (Å²) in [5.41, 5.74) is 8.12. The number of rotatable bonds is 13. The van der Waals surface area contributed by atoms with Crippen LogP contribution in [0.15, 0.2) is 5.11 Å². The first-order valence-corrected chi connectivity index (χ1v) is 7.67. The topological polar surface area (TPSA) is 141 Å². The molecule has 0 aromatic rings. The number of amides is 1. The van der Waals surface area contributed by atoms with Gasteiger partial charge >= 0.3 is 11.9 Å². The monoisotopic (exact) mass is 328 g/mol. The molecule has 0 saturated carbocycles. The van der Waals surface area contributed by atoms with E-state index in [0.29, 0.717) is 25.8 Å². The molecule has 0 radical (unpaired) electrons. The zero-order valence-electron chi connectivity index (χ0n) is 13.4. The predicted octanol–water partition coefficient (Wildman–Crippen LogP) is 2.16. The van der Waals surface area contributed by atoms with Crippen LogP contribution in [0.2, 0.25) is 0 Å². The van der Waals surface area contributed by atoms with E-state index in [1.54, 1.807) is 0 Å². The van der Waals surface area contributed by atoms with E-state index in [0.717, 1.165) is 12.8 Å². The third-order valence-electron chi connectivity index (χ3n) is 3.07. The van der Waals surface area contributed by atoms with Crippen LogP contribution >= 0.6 is 0 Å². The lowest BCUT2D eigenvalue weighted by Crippen LogP contribution is -2.38. The minimum atomic E-state index is -1.05. The zero-order valence-corrected chi connectivity index (χ0v) is 13.4. The van der Waals surface area contributed by atoms with Crippen molar-refractivity contribution < 1.29 is 24.2 Å². The highest BCUT2D eigenvalue weighted by molar-refractivity contribution is 5.77. The third-order valence-corrected chi connectivity index (χ3v) is 3.07. The molecule has 0 fully saturated rings. The lowest BCUT2D eigenvalue weighted by molar-refractivity contribution is -0.148. The first-order valence-electron chi connectivity index (χ1n) is 7.67. The summed E-state index contributed by atoms with van der Waals surface area (Å²) < 4.78 is 4.95. The van der Waals surface area contributed by atoms with Gasteiger partial charge in [-0.3, -0.25) is 14.4 Å². The fourth-order valence-electron chi connectivity index (χ4n) is 1.73. The van der Waals surface area contributed by atoms with E-state index in [-0.39, 0.29) is 31.4 Å². The van der Waals surface area contributed by atoms with Gasteiger partial charge in [0.25, 0.3) is 0 Å². The van der Waals surface area contributed by atoms with E-state index in [2.05, 4.69) is 15.3 Å². The quantitative estimate of drug-likeness (QED) is 0.175. The molecule has 9 nitrogen and oxygen atoms in total. The molecule has 0 heterocycles. The SMILES string of the molecule is CCC(COC(=O)CCC(=O)O)NC(=O)CCCCCN=[N+]=[N-]. The van der Waals surface area contributed by atoms with Crippen LogP contribution in [-0.4, -0.2) is 42.1 Å². The highest BCUT2D eigenvalue weighted by Gasteiger charge is 2.13. The van der Waals surface area contributed by atoms with E-state index in [9.17, 15) is 14.4 Å². The second-order valence-corrected chi connectivity index (χ2v) is 5.01. The van der Waals surface area contributed by atoms with Gasteiger partial charge in [-0.05, 0) is 24.8 Å². The van der Waals surface area contributed by atoms with Crippen LogP contribution in [0.4, 0.5) is 0 Å². The number of carbonyl (C=O) groups is 3. The standard InChI is InChI=1S/C14H24N4O5/c1-2-11(10-23-14(22)8-7-13(20)21)17-12(19)6-4-3-5-9-16-18-15/h11H,2-10H2,1H3,(H,17,19)(H,20,21). The molecule has 1 amide bonds. The van der Waals surface area contributed by atoms with Crippen molar-refractivity contribution in [3.63, 3.8) is 0 Å². The Morgan fingerprint density at radius 2 is 1.96 bits per heavy atom. The Morgan fingerprint density at radius 1 is 1.22 bits per heavy atom. The van der Waals surface area contributed by atoms with E-state index in [1.807, 2.05) is 6.92 Å². The van der Waals surface area contributed by atoms with Crippen molar-refractivity contribution >= 4 is 17.8 Å². The van der Waals surface area contributed by atoms with Crippen molar-refractivity contribution in [3.05, 3.63) is 10.4 Å². The van der Waals surface area contributed by atoms with E-state index in [1.165, 1.54) is 0 Å². The van der Waals surface area contributed by atoms with Gasteiger partial charge in [0.2, 0.25) is 5.91 Å². The summed E-state index contributed by atoms with van der Waals surface area (Å²) in [5.74, 6) is -1.76. The summed E-state index contributed by atoms with van der Waals surface area (Å²) in [6.07, 6.45) is 2.77. The largest absolute Gasteiger partial charge is 0.481 e. The number of ether oxygens (including phenoxy) is 1. The number of carboxylic acids is 1. The number of nitrogens with one attached hydrogen (secondary N) is 1. The van der Waals surface area contributed by atoms with Gasteiger partial charge in [-0.1, -0.05) is 18.5 Å².